The predicted molar refractivity (Wildman–Crippen MR) is 77.9 cm³/mol. The lowest BCUT2D eigenvalue weighted by Gasteiger charge is -2.33. The van der Waals surface area contributed by atoms with Gasteiger partial charge in [0.05, 0.1) is 0 Å². The first-order valence-corrected chi connectivity index (χ1v) is 6.99. The van der Waals surface area contributed by atoms with Crippen molar-refractivity contribution in [3.63, 3.8) is 0 Å². The molecule has 0 aromatic heterocycles. The lowest BCUT2D eigenvalue weighted by atomic mass is 9.82. The highest BCUT2D eigenvalue weighted by Gasteiger charge is 2.28. The molecule has 0 saturated heterocycles. The molecule has 2 atom stereocenters. The van der Waals surface area contributed by atoms with Crippen LogP contribution in [0.5, 0.6) is 0 Å². The third kappa shape index (κ3) is 6.10. The van der Waals surface area contributed by atoms with E-state index in [9.17, 15) is 4.79 Å². The molecule has 0 fully saturated rings. The first-order chi connectivity index (χ1) is 8.61. The number of hydrogen-bond donors (Lipinski definition) is 3. The summed E-state index contributed by atoms with van der Waals surface area (Å²) in [5, 5.41) is 15.0. The number of carbonyl (C=O) groups excluding carboxylic acids is 1. The molecule has 0 radical (unpaired) electrons. The zero-order valence-electron chi connectivity index (χ0n) is 12.8. The lowest BCUT2D eigenvalue weighted by molar-refractivity contribution is 0.206. The molecule has 0 spiro atoms. The number of hydrogen-bond acceptors (Lipinski definition) is 2. The Morgan fingerprint density at radius 1 is 1.26 bits per heavy atom. The fourth-order valence-corrected chi connectivity index (χ4v) is 2.90. The molecule has 110 valence electrons. The zero-order chi connectivity index (χ0) is 14.7. The van der Waals surface area contributed by atoms with Gasteiger partial charge >= 0.3 is 6.03 Å². The van der Waals surface area contributed by atoms with E-state index in [0.717, 1.165) is 12.8 Å². The Labute approximate surface area is 116 Å². The summed E-state index contributed by atoms with van der Waals surface area (Å²) in [7, 11) is 0. The number of carbonyl (C=O) groups is 1. The van der Waals surface area contributed by atoms with Gasteiger partial charge in [0.25, 0.3) is 0 Å². The van der Waals surface area contributed by atoms with E-state index in [4.69, 9.17) is 5.11 Å². The molecular formula is C15H28N2O2. The van der Waals surface area contributed by atoms with Gasteiger partial charge in [0, 0.05) is 24.1 Å². The van der Waals surface area contributed by atoms with Crippen LogP contribution >= 0.6 is 0 Å². The summed E-state index contributed by atoms with van der Waals surface area (Å²) in [5.41, 5.74) is -0.0624. The molecule has 0 aromatic carbocycles. The topological polar surface area (TPSA) is 61.4 Å². The summed E-state index contributed by atoms with van der Waals surface area (Å²) in [6.45, 7) is 10.7. The summed E-state index contributed by atoms with van der Waals surface area (Å²) >= 11 is 0. The van der Waals surface area contributed by atoms with Crippen molar-refractivity contribution in [3.05, 3.63) is 12.2 Å². The second kappa shape index (κ2) is 5.95. The Kier molecular flexibility index (Phi) is 5.02. The highest BCUT2D eigenvalue weighted by Crippen LogP contribution is 2.26. The van der Waals surface area contributed by atoms with E-state index in [2.05, 4.69) is 31.4 Å². The number of aliphatic hydroxyl groups excluding tert-OH is 1. The largest absolute Gasteiger partial charge is 0.396 e. The second-order valence-corrected chi connectivity index (χ2v) is 7.39. The van der Waals surface area contributed by atoms with Crippen LogP contribution in [0.3, 0.4) is 0 Å². The smallest absolute Gasteiger partial charge is 0.315 e. The molecule has 4 nitrogen and oxygen atoms in total. The Bertz CT molecular complexity index is 343. The fraction of sp³-hybridized carbons (Fsp3) is 0.800. The average Bonchev–Trinajstić information content (AvgIpc) is 2.59. The summed E-state index contributed by atoms with van der Waals surface area (Å²) in [5.74, 6) is 0.174. The van der Waals surface area contributed by atoms with Gasteiger partial charge in [0.1, 0.15) is 0 Å². The fourth-order valence-electron chi connectivity index (χ4n) is 2.90. The first-order valence-electron chi connectivity index (χ1n) is 6.99. The molecule has 19 heavy (non-hydrogen) atoms. The van der Waals surface area contributed by atoms with Crippen molar-refractivity contribution in [3.8, 4) is 0 Å². The van der Waals surface area contributed by atoms with Crippen molar-refractivity contribution in [1.29, 1.82) is 0 Å². The zero-order valence-corrected chi connectivity index (χ0v) is 12.8. The minimum absolute atomic E-state index is 0.0302. The van der Waals surface area contributed by atoms with Gasteiger partial charge in [-0.3, -0.25) is 0 Å². The summed E-state index contributed by atoms with van der Waals surface area (Å²) in [6.07, 6.45) is 5.61. The van der Waals surface area contributed by atoms with Crippen molar-refractivity contribution in [1.82, 2.24) is 10.6 Å². The molecule has 0 aliphatic heterocycles. The summed E-state index contributed by atoms with van der Waals surface area (Å²) in [4.78, 5) is 12.0. The van der Waals surface area contributed by atoms with E-state index in [0.29, 0.717) is 0 Å². The molecule has 0 unspecified atom stereocenters. The van der Waals surface area contributed by atoms with E-state index in [-0.39, 0.29) is 35.6 Å². The van der Waals surface area contributed by atoms with Crippen molar-refractivity contribution in [2.45, 2.75) is 59.0 Å². The average molecular weight is 268 g/mol. The maximum absolute atomic E-state index is 12.0. The molecule has 0 heterocycles. The van der Waals surface area contributed by atoms with Crippen molar-refractivity contribution in [2.75, 3.05) is 6.61 Å². The number of urea groups is 1. The monoisotopic (exact) mass is 268 g/mol. The Morgan fingerprint density at radius 2 is 1.89 bits per heavy atom. The van der Waals surface area contributed by atoms with Gasteiger partial charge in [0.15, 0.2) is 0 Å². The normalized spacial score (nSPS) is 23.5. The van der Waals surface area contributed by atoms with Gasteiger partial charge in [-0.25, -0.2) is 4.79 Å². The Morgan fingerprint density at radius 3 is 2.37 bits per heavy atom. The van der Waals surface area contributed by atoms with E-state index >= 15 is 0 Å². The van der Waals surface area contributed by atoms with Gasteiger partial charge < -0.3 is 15.7 Å². The quantitative estimate of drug-likeness (QED) is 0.686. The van der Waals surface area contributed by atoms with Gasteiger partial charge in [-0.2, -0.15) is 0 Å². The third-order valence-corrected chi connectivity index (χ3v) is 3.15. The molecule has 1 aliphatic rings. The van der Waals surface area contributed by atoms with Crippen LogP contribution in [0, 0.1) is 11.3 Å². The van der Waals surface area contributed by atoms with Crippen LogP contribution in [0.2, 0.25) is 0 Å². The van der Waals surface area contributed by atoms with Crippen LogP contribution < -0.4 is 10.6 Å². The number of aliphatic hydroxyl groups is 1. The van der Waals surface area contributed by atoms with Crippen molar-refractivity contribution >= 4 is 6.03 Å². The second-order valence-electron chi connectivity index (χ2n) is 7.39. The maximum Gasteiger partial charge on any atom is 0.315 e. The van der Waals surface area contributed by atoms with E-state index in [1.165, 1.54) is 0 Å². The molecule has 3 N–H and O–H groups in total. The minimum Gasteiger partial charge on any atom is -0.396 e. The SMILES string of the molecule is CC(C)(C)CC(C)(C)NC(=O)N[C@@H]1C=C[C@H](CO)C1. The van der Waals surface area contributed by atoms with Gasteiger partial charge in [0.2, 0.25) is 0 Å². The number of amides is 2. The number of nitrogens with one attached hydrogen (secondary N) is 2. The third-order valence-electron chi connectivity index (χ3n) is 3.15. The predicted octanol–water partition coefficient (Wildman–Crippen LogP) is 2.44. The van der Waals surface area contributed by atoms with E-state index in [1.54, 1.807) is 0 Å². The van der Waals surface area contributed by atoms with Crippen molar-refractivity contribution < 1.29 is 9.90 Å². The molecule has 1 rings (SSSR count). The van der Waals surface area contributed by atoms with Gasteiger partial charge in [-0.05, 0) is 32.1 Å². The molecule has 0 aromatic rings. The highest BCUT2D eigenvalue weighted by atomic mass is 16.3. The Hall–Kier alpha value is -1.03. The number of rotatable bonds is 4. The molecule has 1 aliphatic carbocycles. The van der Waals surface area contributed by atoms with Crippen LogP contribution in [0.1, 0.15) is 47.5 Å². The van der Waals surface area contributed by atoms with Gasteiger partial charge in [-0.1, -0.05) is 32.9 Å². The minimum atomic E-state index is -0.235. The van der Waals surface area contributed by atoms with Gasteiger partial charge in [-0.15, -0.1) is 0 Å². The highest BCUT2D eigenvalue weighted by molar-refractivity contribution is 5.75. The van der Waals surface area contributed by atoms with Crippen LogP contribution in [-0.2, 0) is 0 Å². The lowest BCUT2D eigenvalue weighted by Crippen LogP contribution is -2.51. The standard InChI is InChI=1S/C15H28N2O2/c1-14(2,3)10-15(4,5)17-13(19)16-12-7-6-11(8-12)9-18/h6-7,11-12,18H,8-10H2,1-5H3,(H2,16,17,19)/t11-,12+/m0/s1. The van der Waals surface area contributed by atoms with E-state index in [1.807, 2.05) is 26.0 Å². The molecule has 2 amide bonds. The van der Waals surface area contributed by atoms with Crippen LogP contribution in [0.4, 0.5) is 4.79 Å². The summed E-state index contributed by atoms with van der Waals surface area (Å²) in [6, 6.07) is -0.106. The van der Waals surface area contributed by atoms with Crippen molar-refractivity contribution in [2.24, 2.45) is 11.3 Å². The first kappa shape index (κ1) is 16.0. The van der Waals surface area contributed by atoms with E-state index < -0.39 is 0 Å². The maximum atomic E-state index is 12.0. The molecular weight excluding hydrogens is 240 g/mol. The molecule has 0 bridgehead atoms. The summed E-state index contributed by atoms with van der Waals surface area (Å²) < 4.78 is 0. The Balaban J connectivity index is 2.41. The van der Waals surface area contributed by atoms with Crippen LogP contribution in [0.25, 0.3) is 0 Å². The molecule has 4 heteroatoms. The molecule has 0 saturated carbocycles. The van der Waals surface area contributed by atoms with Crippen LogP contribution in [-0.4, -0.2) is 29.3 Å². The van der Waals surface area contributed by atoms with Crippen LogP contribution in [0.15, 0.2) is 12.2 Å².